The minimum Gasteiger partial charge on any atom is -0.454 e. The second kappa shape index (κ2) is 29.2. The van der Waals surface area contributed by atoms with Crippen LogP contribution in [0.3, 0.4) is 0 Å². The van der Waals surface area contributed by atoms with Gasteiger partial charge in [-0.15, -0.1) is 0 Å². The average molecular weight is 1690 g/mol. The molecule has 0 saturated heterocycles. The van der Waals surface area contributed by atoms with Crippen LogP contribution in [0, 0.1) is 27.7 Å². The average Bonchev–Trinajstić information content (AvgIpc) is 1.47. The number of rotatable bonds is 12. The van der Waals surface area contributed by atoms with Crippen LogP contribution in [0.2, 0.25) is 0 Å². The van der Waals surface area contributed by atoms with Crippen molar-refractivity contribution in [1.82, 2.24) is 0 Å². The Bertz CT molecular complexity index is 9130. The molecule has 4 aromatic heterocycles. The summed E-state index contributed by atoms with van der Waals surface area (Å²) in [7, 11) is 0. The van der Waals surface area contributed by atoms with Crippen LogP contribution in [-0.2, 0) is 0 Å². The highest BCUT2D eigenvalue weighted by atomic mass is 16.3. The molecule has 0 saturated carbocycles. The Kier molecular flexibility index (Phi) is 16.6. The fourth-order valence-corrected chi connectivity index (χ4v) is 22.0. The van der Waals surface area contributed by atoms with Gasteiger partial charge < -0.3 is 37.3 Å². The molecule has 0 spiro atoms. The summed E-state index contributed by atoms with van der Waals surface area (Å²) in [6.07, 6.45) is 0. The van der Waals surface area contributed by atoms with E-state index in [-0.39, 0.29) is 0 Å². The summed E-state index contributed by atoms with van der Waals surface area (Å²) < 4.78 is 27.7. The van der Waals surface area contributed by atoms with Crippen molar-refractivity contribution in [3.8, 4) is 0 Å². The summed E-state index contributed by atoms with van der Waals surface area (Å²) in [4.78, 5) is 9.71. The molecule has 28 aromatic rings. The smallest absolute Gasteiger partial charge is 0.160 e. The number of nitrogens with zero attached hydrogens (tertiary/aromatic N) is 4. The molecule has 0 aliphatic carbocycles. The molecule has 0 radical (unpaired) electrons. The van der Waals surface area contributed by atoms with E-state index in [1.165, 1.54) is 108 Å². The highest BCUT2D eigenvalue weighted by Gasteiger charge is 2.32. The van der Waals surface area contributed by atoms with E-state index in [9.17, 15) is 0 Å². The van der Waals surface area contributed by atoms with E-state index in [1.807, 2.05) is 0 Å². The maximum absolute atomic E-state index is 6.94. The van der Waals surface area contributed by atoms with Gasteiger partial charge in [0.2, 0.25) is 0 Å². The molecular formula is C124H80N4O4. The molecule has 0 amide bonds. The lowest BCUT2D eigenvalue weighted by Crippen LogP contribution is -2.13. The molecule has 24 aromatic carbocycles. The number of para-hydroxylation sites is 8. The van der Waals surface area contributed by atoms with Crippen molar-refractivity contribution in [2.24, 2.45) is 0 Å². The summed E-state index contributed by atoms with van der Waals surface area (Å²) in [6.45, 7) is 8.80. The summed E-state index contributed by atoms with van der Waals surface area (Å²) in [5.41, 5.74) is 24.4. The van der Waals surface area contributed by atoms with Gasteiger partial charge in [0.1, 0.15) is 22.3 Å². The van der Waals surface area contributed by atoms with Gasteiger partial charge in [0.05, 0.1) is 45.5 Å². The maximum atomic E-state index is 6.94. The first kappa shape index (κ1) is 75.0. The lowest BCUT2D eigenvalue weighted by Gasteiger charge is -2.30. The van der Waals surface area contributed by atoms with Crippen molar-refractivity contribution < 1.29 is 17.7 Å². The number of fused-ring (bicyclic) bond motifs is 20. The van der Waals surface area contributed by atoms with E-state index in [2.05, 4.69) is 460 Å². The molecule has 0 unspecified atom stereocenters. The molecule has 0 bridgehead atoms. The van der Waals surface area contributed by atoms with E-state index in [4.69, 9.17) is 17.7 Å². The second-order valence-corrected chi connectivity index (χ2v) is 35.3. The molecule has 0 atom stereocenters. The zero-order valence-electron chi connectivity index (χ0n) is 72.7. The van der Waals surface area contributed by atoms with Gasteiger partial charge in [-0.2, -0.15) is 0 Å². The lowest BCUT2D eigenvalue weighted by atomic mass is 9.91. The summed E-state index contributed by atoms with van der Waals surface area (Å²) in [6, 6.07) is 149. The SMILES string of the molecule is Cc1ccccc1N(c1ccc2ccc3c(N(c4ccccc4C)c4cc5ccccc5c5c4oc4ccccc45)ccc4ccc1c2c43)c1cc2ccccc2c2c1oc1ccccc12.Cc1ccccc1N(c1ccc2ccc3c(N(c4ccccc4C)c4cccc5c4oc4ccc6ccccc6c45)ccc4ccc1c2c43)c1cccc2c1oc1ccc3ccccc3c12. The van der Waals surface area contributed by atoms with E-state index in [1.54, 1.807) is 0 Å². The van der Waals surface area contributed by atoms with Gasteiger partial charge >= 0.3 is 0 Å². The molecule has 8 nitrogen and oxygen atoms in total. The van der Waals surface area contributed by atoms with E-state index < -0.39 is 0 Å². The van der Waals surface area contributed by atoms with Gasteiger partial charge in [-0.3, -0.25) is 0 Å². The van der Waals surface area contributed by atoms with E-state index >= 15 is 0 Å². The molecule has 132 heavy (non-hydrogen) atoms. The zero-order valence-corrected chi connectivity index (χ0v) is 72.7. The number of anilines is 12. The normalized spacial score (nSPS) is 12.1. The minimum atomic E-state index is 0.863. The molecule has 4 heterocycles. The van der Waals surface area contributed by atoms with Crippen LogP contribution in [0.1, 0.15) is 22.3 Å². The van der Waals surface area contributed by atoms with Crippen molar-refractivity contribution in [1.29, 1.82) is 0 Å². The first-order valence-corrected chi connectivity index (χ1v) is 45.3. The Hall–Kier alpha value is -17.2. The number of hydrogen-bond acceptors (Lipinski definition) is 8. The molecule has 8 heteroatoms. The number of benzene rings is 24. The fraction of sp³-hybridized carbons (Fsp3) is 0.0323. The Morgan fingerprint density at radius 2 is 0.386 bits per heavy atom. The van der Waals surface area contributed by atoms with Crippen LogP contribution in [0.15, 0.2) is 430 Å². The Morgan fingerprint density at radius 1 is 0.136 bits per heavy atom. The van der Waals surface area contributed by atoms with Crippen LogP contribution in [0.5, 0.6) is 0 Å². The fourth-order valence-electron chi connectivity index (χ4n) is 22.0. The van der Waals surface area contributed by atoms with Crippen molar-refractivity contribution in [2.75, 3.05) is 19.6 Å². The standard InChI is InChI=1S/2C62H40N2O2/c1-37-15-3-11-23-49(37)63(53-35-41-17-5-7-19-43(41)59-47-21-9-13-25-55(47)65-61(53)59)51-33-29-39-28-32-46-52(34-30-40-27-31-45(51)57(39)58(40)46)64(50-24-12-4-16-38(50)2)54-36-42-18-6-8-20-44(42)60-48-22-10-14-26-56(48)66-62(54)60;1-37-13-3-9-21-49(37)63(53-23-11-19-47-59-43-17-7-5-15-39(43)29-35-55(59)65-61(47)53)51-33-27-41-26-32-46-52(34-28-42-25-31-45(51)57(41)58(42)46)64(50-22-10-4-14-38(50)2)54-24-12-20-48-60-44-18-8-6-16-40(44)30-36-56(60)66-62(48)54/h2*3-36H,1-2H3. The van der Waals surface area contributed by atoms with Crippen LogP contribution < -0.4 is 19.6 Å². The predicted molar refractivity (Wildman–Crippen MR) is 557 cm³/mol. The maximum Gasteiger partial charge on any atom is 0.160 e. The first-order valence-electron chi connectivity index (χ1n) is 45.3. The number of aryl methyl sites for hydroxylation is 4. The van der Waals surface area contributed by atoms with Crippen LogP contribution in [0.25, 0.3) is 195 Å². The highest BCUT2D eigenvalue weighted by Crippen LogP contribution is 2.57. The number of hydrogen-bond donors (Lipinski definition) is 0. The van der Waals surface area contributed by atoms with E-state index in [0.29, 0.717) is 0 Å². The Labute approximate surface area is 758 Å². The third kappa shape index (κ3) is 11.2. The van der Waals surface area contributed by atoms with Crippen LogP contribution in [0.4, 0.5) is 68.2 Å². The van der Waals surface area contributed by atoms with Crippen LogP contribution >= 0.6 is 0 Å². The first-order chi connectivity index (χ1) is 65.2. The third-order valence-corrected chi connectivity index (χ3v) is 28.0. The van der Waals surface area contributed by atoms with Crippen molar-refractivity contribution in [2.45, 2.75) is 27.7 Å². The largest absolute Gasteiger partial charge is 0.454 e. The van der Waals surface area contributed by atoms with E-state index in [0.717, 1.165) is 178 Å². The highest BCUT2D eigenvalue weighted by molar-refractivity contribution is 6.33. The number of furan rings is 4. The summed E-state index contributed by atoms with van der Waals surface area (Å²) in [5.74, 6) is 0. The second-order valence-electron chi connectivity index (χ2n) is 35.3. The predicted octanol–water partition coefficient (Wildman–Crippen LogP) is 36.5. The molecule has 0 aliphatic rings. The van der Waals surface area contributed by atoms with Gasteiger partial charge in [-0.1, -0.05) is 315 Å². The van der Waals surface area contributed by atoms with Crippen molar-refractivity contribution in [3.63, 3.8) is 0 Å². The van der Waals surface area contributed by atoms with Crippen molar-refractivity contribution >= 4 is 264 Å². The van der Waals surface area contributed by atoms with Gasteiger partial charge in [0.15, 0.2) is 22.3 Å². The minimum absolute atomic E-state index is 0.863. The molecule has 28 rings (SSSR count). The Morgan fingerprint density at radius 3 is 0.727 bits per heavy atom. The van der Waals surface area contributed by atoms with Gasteiger partial charge in [-0.05, 0) is 233 Å². The molecule has 620 valence electrons. The quantitative estimate of drug-likeness (QED) is 0.112. The van der Waals surface area contributed by atoms with Gasteiger partial charge in [0, 0.05) is 87.4 Å². The summed E-state index contributed by atoms with van der Waals surface area (Å²) >= 11 is 0. The molecular weight excluding hydrogens is 1610 g/mol. The molecule has 0 fully saturated rings. The van der Waals surface area contributed by atoms with Crippen molar-refractivity contribution in [3.05, 3.63) is 435 Å². The lowest BCUT2D eigenvalue weighted by molar-refractivity contribution is 0.669. The summed E-state index contributed by atoms with van der Waals surface area (Å²) in [5, 5.41) is 32.7. The third-order valence-electron chi connectivity index (χ3n) is 28.0. The Balaban J connectivity index is 0.000000135. The van der Waals surface area contributed by atoms with Gasteiger partial charge in [-0.25, -0.2) is 0 Å². The zero-order chi connectivity index (χ0) is 87.2. The van der Waals surface area contributed by atoms with Crippen LogP contribution in [-0.4, -0.2) is 0 Å². The van der Waals surface area contributed by atoms with Gasteiger partial charge in [0.25, 0.3) is 0 Å². The topological polar surface area (TPSA) is 65.5 Å². The molecule has 0 N–H and O–H groups in total. The monoisotopic (exact) mass is 1690 g/mol. The molecule has 0 aliphatic heterocycles.